The van der Waals surface area contributed by atoms with Gasteiger partial charge in [-0.15, -0.1) is 0 Å². The summed E-state index contributed by atoms with van der Waals surface area (Å²) in [6.45, 7) is 3.31. The van der Waals surface area contributed by atoms with Crippen molar-refractivity contribution in [1.82, 2.24) is 0 Å². The van der Waals surface area contributed by atoms with Gasteiger partial charge in [0.15, 0.2) is 12.0 Å². The molecule has 0 aliphatic heterocycles. The third-order valence-corrected chi connectivity index (χ3v) is 5.11. The van der Waals surface area contributed by atoms with E-state index < -0.39 is 12.1 Å². The Kier molecular flexibility index (Phi) is 21.3. The Morgan fingerprint density at radius 1 is 0.818 bits per heavy atom. The second-order valence-corrected chi connectivity index (χ2v) is 8.26. The third-order valence-electron chi connectivity index (χ3n) is 5.11. The predicted octanol–water partition coefficient (Wildman–Crippen LogP) is 5.97. The van der Waals surface area contributed by atoms with Gasteiger partial charge in [0, 0.05) is 19.8 Å². The molecular weight excluding hydrogens is 420 g/mol. The molecule has 0 aromatic carbocycles. The van der Waals surface area contributed by atoms with Crippen molar-refractivity contribution in [3.8, 4) is 0 Å². The van der Waals surface area contributed by atoms with Crippen LogP contribution in [0.2, 0.25) is 0 Å². The van der Waals surface area contributed by atoms with E-state index >= 15 is 0 Å². The highest BCUT2D eigenvalue weighted by atomic mass is 16.6. The van der Waals surface area contributed by atoms with E-state index in [2.05, 4.69) is 12.2 Å². The molecule has 0 saturated carbocycles. The van der Waals surface area contributed by atoms with Crippen molar-refractivity contribution in [2.45, 2.75) is 110 Å². The first-order valence-corrected chi connectivity index (χ1v) is 12.5. The minimum absolute atomic E-state index is 0.0237. The van der Waals surface area contributed by atoms with Crippen molar-refractivity contribution < 1.29 is 23.8 Å². The highest BCUT2D eigenvalue weighted by Crippen LogP contribution is 2.11. The van der Waals surface area contributed by atoms with Crippen LogP contribution in [0.3, 0.4) is 0 Å². The van der Waals surface area contributed by atoms with E-state index in [1.165, 1.54) is 19.8 Å². The number of esters is 2. The van der Waals surface area contributed by atoms with E-state index in [0.717, 1.165) is 64.2 Å². The summed E-state index contributed by atoms with van der Waals surface area (Å²) in [6, 6.07) is 0. The van der Waals surface area contributed by atoms with Crippen LogP contribution in [-0.2, 0) is 23.8 Å². The Bertz CT molecular complexity index is 575. The lowest BCUT2D eigenvalue weighted by Gasteiger charge is -2.18. The molecule has 1 unspecified atom stereocenters. The molecule has 0 aromatic rings. The molecule has 7 heteroatoms. The number of nitrogens with two attached hydrogens (primary N) is 1. The lowest BCUT2D eigenvalue weighted by atomic mass is 10.1. The lowest BCUT2D eigenvalue weighted by Crippen LogP contribution is -2.30. The van der Waals surface area contributed by atoms with Crippen LogP contribution in [-0.4, -0.2) is 37.2 Å². The topological polar surface area (TPSA) is 112 Å². The summed E-state index contributed by atoms with van der Waals surface area (Å²) >= 11 is 0. The summed E-state index contributed by atoms with van der Waals surface area (Å²) in [6.07, 6.45) is 20.6. The van der Waals surface area contributed by atoms with Gasteiger partial charge in [0.25, 0.3) is 0 Å². The molecule has 7 nitrogen and oxygen atoms in total. The summed E-state index contributed by atoms with van der Waals surface area (Å²) in [4.78, 5) is 23.3. The van der Waals surface area contributed by atoms with Crippen molar-refractivity contribution in [3.05, 3.63) is 24.4 Å². The van der Waals surface area contributed by atoms with Gasteiger partial charge in [-0.1, -0.05) is 56.8 Å². The molecule has 0 fully saturated rings. The Labute approximate surface area is 200 Å². The average Bonchev–Trinajstić information content (AvgIpc) is 2.79. The van der Waals surface area contributed by atoms with E-state index in [1.54, 1.807) is 6.20 Å². The quantitative estimate of drug-likeness (QED) is 0.0709. The molecule has 33 heavy (non-hydrogen) atoms. The van der Waals surface area contributed by atoms with Crippen molar-refractivity contribution in [1.29, 1.82) is 5.41 Å². The lowest BCUT2D eigenvalue weighted by molar-refractivity contribution is -0.160. The van der Waals surface area contributed by atoms with Gasteiger partial charge in [-0.05, 0) is 51.6 Å². The van der Waals surface area contributed by atoms with Gasteiger partial charge in [0.2, 0.25) is 0 Å². The number of allylic oxidation sites excluding steroid dienone is 3. The minimum Gasteiger partial charge on any atom is -0.477 e. The average molecular weight is 467 g/mol. The van der Waals surface area contributed by atoms with Gasteiger partial charge in [-0.25, -0.2) is 0 Å². The molecule has 1 atom stereocenters. The van der Waals surface area contributed by atoms with Crippen molar-refractivity contribution in [3.63, 3.8) is 0 Å². The fourth-order valence-electron chi connectivity index (χ4n) is 3.24. The summed E-state index contributed by atoms with van der Waals surface area (Å²) in [5, 5.41) is 7.98. The van der Waals surface area contributed by atoms with Crippen LogP contribution in [0.5, 0.6) is 0 Å². The molecular formula is C26H46N2O5. The predicted molar refractivity (Wildman–Crippen MR) is 133 cm³/mol. The molecule has 0 aromatic heterocycles. The zero-order chi connectivity index (χ0) is 24.6. The zero-order valence-corrected chi connectivity index (χ0v) is 20.8. The molecule has 0 amide bonds. The summed E-state index contributed by atoms with van der Waals surface area (Å²) in [5.74, 6) is -0.589. The van der Waals surface area contributed by atoms with E-state index in [4.69, 9.17) is 25.4 Å². The van der Waals surface area contributed by atoms with Crippen LogP contribution in [0.4, 0.5) is 0 Å². The number of hydrogen-bond acceptors (Lipinski definition) is 7. The Balaban J connectivity index is 4.05. The van der Waals surface area contributed by atoms with Crippen LogP contribution in [0.1, 0.15) is 104 Å². The monoisotopic (exact) mass is 466 g/mol. The molecule has 0 heterocycles. The highest BCUT2D eigenvalue weighted by molar-refractivity contribution is 5.72. The van der Waals surface area contributed by atoms with Gasteiger partial charge >= 0.3 is 11.9 Å². The zero-order valence-electron chi connectivity index (χ0n) is 20.8. The molecule has 0 radical (unpaired) electrons. The van der Waals surface area contributed by atoms with Gasteiger partial charge in [0.1, 0.15) is 13.2 Å². The van der Waals surface area contributed by atoms with Crippen LogP contribution in [0.15, 0.2) is 24.4 Å². The van der Waals surface area contributed by atoms with Gasteiger partial charge in [-0.3, -0.25) is 15.0 Å². The van der Waals surface area contributed by atoms with Gasteiger partial charge < -0.3 is 19.9 Å². The smallest absolute Gasteiger partial charge is 0.306 e. The van der Waals surface area contributed by atoms with Crippen molar-refractivity contribution in [2.75, 3.05) is 13.2 Å². The van der Waals surface area contributed by atoms with Crippen LogP contribution in [0, 0.1) is 5.41 Å². The largest absolute Gasteiger partial charge is 0.477 e. The number of rotatable bonds is 21. The number of carbonyl (C=O) groups excluding carboxylic acids is 2. The molecule has 190 valence electrons. The Hall–Kier alpha value is -2.31. The van der Waals surface area contributed by atoms with E-state index in [9.17, 15) is 9.59 Å². The molecule has 0 bridgehead atoms. The highest BCUT2D eigenvalue weighted by Gasteiger charge is 2.18. The van der Waals surface area contributed by atoms with Gasteiger partial charge in [-0.2, -0.15) is 0 Å². The Morgan fingerprint density at radius 3 is 1.97 bits per heavy atom. The maximum absolute atomic E-state index is 12.2. The van der Waals surface area contributed by atoms with E-state index in [0.29, 0.717) is 12.8 Å². The normalized spacial score (nSPS) is 12.2. The fraction of sp³-hybridized carbons (Fsp3) is 0.731. The maximum atomic E-state index is 12.2. The SMILES string of the molecule is C/C=C/CCCCCCCC(=N)OCC(COC(C)=O)OC(=O)CCCCCCC/C=C/N. The molecule has 0 rings (SSSR count). The molecule has 0 aliphatic rings. The van der Waals surface area contributed by atoms with Crippen molar-refractivity contribution >= 4 is 17.8 Å². The standard InChI is InChI=1S/C26H46N2O5/c1-3-4-5-6-7-9-12-15-18-25(28)32-22-24(21-31-23(2)29)33-26(30)19-16-13-10-8-11-14-17-20-27/h3-4,17,20,24,28H,5-16,18-19,21-22,27H2,1-2H3/b4-3+,20-17+,28-25?. The molecule has 0 saturated heterocycles. The van der Waals surface area contributed by atoms with Crippen LogP contribution >= 0.6 is 0 Å². The summed E-state index contributed by atoms with van der Waals surface area (Å²) in [7, 11) is 0. The van der Waals surface area contributed by atoms with Gasteiger partial charge in [0.05, 0.1) is 0 Å². The second kappa shape index (κ2) is 22.9. The fourth-order valence-corrected chi connectivity index (χ4v) is 3.24. The Morgan fingerprint density at radius 2 is 1.36 bits per heavy atom. The number of hydrogen-bond donors (Lipinski definition) is 2. The number of carbonyl (C=O) groups is 2. The number of ether oxygens (including phenoxy) is 3. The first-order chi connectivity index (χ1) is 16.0. The van der Waals surface area contributed by atoms with Crippen molar-refractivity contribution in [2.24, 2.45) is 5.73 Å². The first-order valence-electron chi connectivity index (χ1n) is 12.5. The third kappa shape index (κ3) is 22.7. The van der Waals surface area contributed by atoms with E-state index in [1.807, 2.05) is 13.0 Å². The van der Waals surface area contributed by atoms with E-state index in [-0.39, 0.29) is 25.1 Å². The maximum Gasteiger partial charge on any atom is 0.306 e. The molecule has 0 aliphatic carbocycles. The molecule has 0 spiro atoms. The van der Waals surface area contributed by atoms with Crippen LogP contribution < -0.4 is 5.73 Å². The summed E-state index contributed by atoms with van der Waals surface area (Å²) in [5.41, 5.74) is 5.31. The second-order valence-electron chi connectivity index (χ2n) is 8.26. The van der Waals surface area contributed by atoms with Crippen LogP contribution in [0.25, 0.3) is 0 Å². The molecule has 3 N–H and O–H groups in total. The number of nitrogens with one attached hydrogen (secondary N) is 1. The first kappa shape index (κ1) is 30.7. The number of unbranched alkanes of at least 4 members (excludes halogenated alkanes) is 10. The minimum atomic E-state index is -0.698. The summed E-state index contributed by atoms with van der Waals surface area (Å²) < 4.78 is 15.9.